The van der Waals surface area contributed by atoms with E-state index in [-0.39, 0.29) is 28.9 Å². The molecule has 108 valence electrons. The molecule has 19 heavy (non-hydrogen) atoms. The van der Waals surface area contributed by atoms with Crippen LogP contribution in [0.3, 0.4) is 0 Å². The zero-order chi connectivity index (χ0) is 14.8. The maximum absolute atomic E-state index is 12.1. The predicted molar refractivity (Wildman–Crippen MR) is 74.6 cm³/mol. The number of likely N-dealkylation sites (tertiary alicyclic amines) is 1. The van der Waals surface area contributed by atoms with Crippen molar-refractivity contribution in [1.29, 1.82) is 0 Å². The Kier molecular flexibility index (Phi) is 4.43. The average molecular weight is 267 g/mol. The highest BCUT2D eigenvalue weighted by Crippen LogP contribution is 2.42. The van der Waals surface area contributed by atoms with Crippen molar-refractivity contribution in [2.75, 3.05) is 7.11 Å². The van der Waals surface area contributed by atoms with Crippen molar-refractivity contribution in [3.05, 3.63) is 12.7 Å². The molecule has 1 rings (SSSR count). The van der Waals surface area contributed by atoms with Crippen LogP contribution in [0.2, 0.25) is 0 Å². The summed E-state index contributed by atoms with van der Waals surface area (Å²) < 4.78 is 4.75. The van der Waals surface area contributed by atoms with Gasteiger partial charge in [-0.15, -0.1) is 0 Å². The van der Waals surface area contributed by atoms with Gasteiger partial charge in [-0.1, -0.05) is 6.58 Å². The Labute approximate surface area is 115 Å². The summed E-state index contributed by atoms with van der Waals surface area (Å²) in [5.74, 6) is 0.0120. The van der Waals surface area contributed by atoms with Crippen molar-refractivity contribution in [2.45, 2.75) is 58.0 Å². The fraction of sp³-hybridized carbons (Fsp3) is 0.733. The maximum atomic E-state index is 12.1. The van der Waals surface area contributed by atoms with E-state index in [1.165, 1.54) is 13.2 Å². The van der Waals surface area contributed by atoms with E-state index in [9.17, 15) is 9.59 Å². The molecule has 0 N–H and O–H groups in total. The first-order valence-corrected chi connectivity index (χ1v) is 6.67. The highest BCUT2D eigenvalue weighted by molar-refractivity contribution is 5.88. The van der Waals surface area contributed by atoms with Crippen molar-refractivity contribution in [3.63, 3.8) is 0 Å². The van der Waals surface area contributed by atoms with Gasteiger partial charge in [-0.25, -0.2) is 0 Å². The summed E-state index contributed by atoms with van der Waals surface area (Å²) >= 11 is 0. The molecular formula is C15H25NO3. The summed E-state index contributed by atoms with van der Waals surface area (Å²) in [7, 11) is 1.41. The highest BCUT2D eigenvalue weighted by Gasteiger charge is 2.47. The first-order valence-electron chi connectivity index (χ1n) is 6.67. The van der Waals surface area contributed by atoms with Crippen LogP contribution in [0.25, 0.3) is 0 Å². The van der Waals surface area contributed by atoms with Gasteiger partial charge < -0.3 is 9.64 Å². The quantitative estimate of drug-likeness (QED) is 0.583. The van der Waals surface area contributed by atoms with Gasteiger partial charge in [0.1, 0.15) is 0 Å². The number of hydrogen-bond donors (Lipinski definition) is 0. The Morgan fingerprint density at radius 1 is 1.26 bits per heavy atom. The Balaban J connectivity index is 2.96. The van der Waals surface area contributed by atoms with E-state index < -0.39 is 0 Å². The minimum atomic E-state index is -0.286. The number of piperidine rings is 1. The molecule has 0 aromatic heterocycles. The summed E-state index contributed by atoms with van der Waals surface area (Å²) in [6, 6.07) is 0. The van der Waals surface area contributed by atoms with Crippen LogP contribution in [-0.2, 0) is 14.3 Å². The van der Waals surface area contributed by atoms with Gasteiger partial charge in [0.2, 0.25) is 5.91 Å². The minimum Gasteiger partial charge on any atom is -0.469 e. The summed E-state index contributed by atoms with van der Waals surface area (Å²) in [5.41, 5.74) is -0.572. The molecule has 0 bridgehead atoms. The van der Waals surface area contributed by atoms with Crippen LogP contribution >= 0.6 is 0 Å². The molecule has 1 aliphatic rings. The SMILES string of the molecule is C=CC(=O)N1C(C)(C)CC(CC(=O)OC)CC1(C)C. The lowest BCUT2D eigenvalue weighted by molar-refractivity contribution is -0.149. The van der Waals surface area contributed by atoms with Crippen LogP contribution in [-0.4, -0.2) is 35.0 Å². The van der Waals surface area contributed by atoms with E-state index in [0.29, 0.717) is 6.42 Å². The molecular weight excluding hydrogens is 242 g/mol. The molecule has 1 aliphatic heterocycles. The number of nitrogens with zero attached hydrogens (tertiary/aromatic N) is 1. The lowest BCUT2D eigenvalue weighted by Crippen LogP contribution is -2.62. The number of carbonyl (C=O) groups excluding carboxylic acids is 2. The zero-order valence-electron chi connectivity index (χ0n) is 12.7. The third-order valence-corrected chi connectivity index (χ3v) is 3.87. The van der Waals surface area contributed by atoms with Gasteiger partial charge in [0, 0.05) is 17.5 Å². The molecule has 0 radical (unpaired) electrons. The fourth-order valence-electron chi connectivity index (χ4n) is 3.64. The van der Waals surface area contributed by atoms with E-state index in [1.54, 1.807) is 0 Å². The van der Waals surface area contributed by atoms with Crippen LogP contribution in [0.15, 0.2) is 12.7 Å². The van der Waals surface area contributed by atoms with Crippen molar-refractivity contribution < 1.29 is 14.3 Å². The summed E-state index contributed by atoms with van der Waals surface area (Å²) in [6.45, 7) is 11.7. The van der Waals surface area contributed by atoms with Crippen LogP contribution in [0.5, 0.6) is 0 Å². The second kappa shape index (κ2) is 5.35. The number of methoxy groups -OCH3 is 1. The molecule has 1 saturated heterocycles. The Bertz CT molecular complexity index is 367. The molecule has 0 saturated carbocycles. The molecule has 0 aromatic rings. The number of ether oxygens (including phenoxy) is 1. The van der Waals surface area contributed by atoms with E-state index in [0.717, 1.165) is 12.8 Å². The topological polar surface area (TPSA) is 46.6 Å². The highest BCUT2D eigenvalue weighted by atomic mass is 16.5. The third-order valence-electron chi connectivity index (χ3n) is 3.87. The van der Waals surface area contributed by atoms with Crippen LogP contribution in [0.4, 0.5) is 0 Å². The second-order valence-electron chi connectivity index (χ2n) is 6.56. The van der Waals surface area contributed by atoms with E-state index in [1.807, 2.05) is 32.6 Å². The smallest absolute Gasteiger partial charge is 0.305 e. The monoisotopic (exact) mass is 267 g/mol. The first kappa shape index (κ1) is 15.7. The summed E-state index contributed by atoms with van der Waals surface area (Å²) in [5, 5.41) is 0. The average Bonchev–Trinajstić information content (AvgIpc) is 2.24. The van der Waals surface area contributed by atoms with Crippen LogP contribution < -0.4 is 0 Å². The van der Waals surface area contributed by atoms with Gasteiger partial charge in [-0.3, -0.25) is 9.59 Å². The fourth-order valence-corrected chi connectivity index (χ4v) is 3.64. The first-order chi connectivity index (χ1) is 8.64. The standard InChI is InChI=1S/C15H25NO3/c1-7-12(17)16-14(2,3)9-11(8-13(18)19-6)10-15(16,4)5/h7,11H,1,8-10H2,2-6H3. The van der Waals surface area contributed by atoms with Crippen molar-refractivity contribution in [1.82, 2.24) is 4.90 Å². The molecule has 0 aromatic carbocycles. The predicted octanol–water partition coefficient (Wildman–Crippen LogP) is 2.53. The molecule has 4 heteroatoms. The van der Waals surface area contributed by atoms with E-state index >= 15 is 0 Å². The van der Waals surface area contributed by atoms with Crippen LogP contribution in [0, 0.1) is 5.92 Å². The lowest BCUT2D eigenvalue weighted by atomic mass is 9.72. The molecule has 1 amide bonds. The van der Waals surface area contributed by atoms with Gasteiger partial charge in [0.05, 0.1) is 7.11 Å². The molecule has 4 nitrogen and oxygen atoms in total. The van der Waals surface area contributed by atoms with Gasteiger partial charge in [0.15, 0.2) is 0 Å². The summed E-state index contributed by atoms with van der Waals surface area (Å²) in [4.78, 5) is 25.4. The normalized spacial score (nSPS) is 21.8. The number of esters is 1. The van der Waals surface area contributed by atoms with Gasteiger partial charge in [-0.05, 0) is 52.5 Å². The third kappa shape index (κ3) is 3.37. The Morgan fingerprint density at radius 2 is 1.74 bits per heavy atom. The molecule has 1 fully saturated rings. The minimum absolute atomic E-state index is 0.0495. The number of amides is 1. The largest absolute Gasteiger partial charge is 0.469 e. The maximum Gasteiger partial charge on any atom is 0.305 e. The molecule has 0 unspecified atom stereocenters. The van der Waals surface area contributed by atoms with Crippen LogP contribution in [0.1, 0.15) is 47.0 Å². The molecule has 0 aliphatic carbocycles. The number of carbonyl (C=O) groups is 2. The van der Waals surface area contributed by atoms with E-state index in [4.69, 9.17) is 4.74 Å². The molecule has 0 atom stereocenters. The second-order valence-corrected chi connectivity index (χ2v) is 6.56. The Hall–Kier alpha value is -1.32. The number of hydrogen-bond acceptors (Lipinski definition) is 3. The molecule has 1 heterocycles. The van der Waals surface area contributed by atoms with Gasteiger partial charge in [0.25, 0.3) is 0 Å². The molecule has 0 spiro atoms. The lowest BCUT2D eigenvalue weighted by Gasteiger charge is -2.55. The zero-order valence-corrected chi connectivity index (χ0v) is 12.7. The van der Waals surface area contributed by atoms with Gasteiger partial charge >= 0.3 is 5.97 Å². The van der Waals surface area contributed by atoms with Gasteiger partial charge in [-0.2, -0.15) is 0 Å². The van der Waals surface area contributed by atoms with Crippen molar-refractivity contribution in [2.24, 2.45) is 5.92 Å². The Morgan fingerprint density at radius 3 is 2.11 bits per heavy atom. The van der Waals surface area contributed by atoms with Crippen molar-refractivity contribution in [3.8, 4) is 0 Å². The summed E-state index contributed by atoms with van der Waals surface area (Å²) in [6.07, 6.45) is 3.37. The van der Waals surface area contributed by atoms with Crippen molar-refractivity contribution >= 4 is 11.9 Å². The number of rotatable bonds is 3. The van der Waals surface area contributed by atoms with E-state index in [2.05, 4.69) is 6.58 Å².